The first-order chi connectivity index (χ1) is 14.4. The Balaban J connectivity index is 0.000000735. The molecule has 0 spiro atoms. The summed E-state index contributed by atoms with van der Waals surface area (Å²) in [5.74, 6) is -0.800. The van der Waals surface area contributed by atoms with Crippen LogP contribution in [0.15, 0.2) is 36.4 Å². The second-order valence-corrected chi connectivity index (χ2v) is 7.46. The van der Waals surface area contributed by atoms with Crippen molar-refractivity contribution in [2.24, 2.45) is 11.7 Å². The molecule has 0 unspecified atom stereocenters. The number of rotatable bonds is 7. The van der Waals surface area contributed by atoms with Crippen LogP contribution in [0.25, 0.3) is 11.3 Å². The fraction of sp³-hybridized carbons (Fsp3) is 0.500. The molecule has 0 bridgehead atoms. The van der Waals surface area contributed by atoms with Crippen molar-refractivity contribution in [3.05, 3.63) is 42.1 Å². The molecule has 164 valence electrons. The van der Waals surface area contributed by atoms with Gasteiger partial charge in [-0.3, -0.25) is 14.7 Å². The molecule has 1 aliphatic rings. The van der Waals surface area contributed by atoms with Gasteiger partial charge in [0.25, 0.3) is 5.97 Å². The van der Waals surface area contributed by atoms with Gasteiger partial charge >= 0.3 is 0 Å². The Hall–Kier alpha value is -2.71. The Morgan fingerprint density at radius 2 is 2.00 bits per heavy atom. The number of nitrogens with zero attached hydrogens (tertiary/aromatic N) is 1. The molecular weight excluding hydrogens is 384 g/mol. The van der Waals surface area contributed by atoms with E-state index in [0.29, 0.717) is 19.6 Å². The van der Waals surface area contributed by atoms with E-state index in [1.165, 1.54) is 0 Å². The number of nitrogens with one attached hydrogen (secondary N) is 2. The summed E-state index contributed by atoms with van der Waals surface area (Å²) in [7, 11) is 0. The summed E-state index contributed by atoms with van der Waals surface area (Å²) >= 11 is 0. The van der Waals surface area contributed by atoms with E-state index in [0.717, 1.165) is 43.1 Å². The van der Waals surface area contributed by atoms with E-state index in [9.17, 15) is 4.79 Å². The number of aromatic amines is 1. The molecule has 1 aromatic heterocycles. The van der Waals surface area contributed by atoms with Gasteiger partial charge in [0, 0.05) is 31.1 Å². The maximum Gasteiger partial charge on any atom is 0.300 e. The molecule has 0 radical (unpaired) electrons. The Morgan fingerprint density at radius 3 is 2.67 bits per heavy atom. The fourth-order valence-electron chi connectivity index (χ4n) is 3.39. The van der Waals surface area contributed by atoms with Crippen molar-refractivity contribution in [3.8, 4) is 11.3 Å². The van der Waals surface area contributed by atoms with Crippen LogP contribution in [0.2, 0.25) is 0 Å². The molecule has 1 amide bonds. The summed E-state index contributed by atoms with van der Waals surface area (Å²) in [4.78, 5) is 21.5. The second kappa shape index (κ2) is 12.1. The van der Waals surface area contributed by atoms with Gasteiger partial charge in [-0.25, -0.2) is 0 Å². The number of carbonyl (C=O) groups is 2. The molecule has 2 aromatic rings. The zero-order valence-corrected chi connectivity index (χ0v) is 17.6. The number of hydrogen-bond donors (Lipinski definition) is 4. The summed E-state index contributed by atoms with van der Waals surface area (Å²) in [6, 6.07) is 12.0. The van der Waals surface area contributed by atoms with E-state index in [1.807, 2.05) is 36.4 Å². The SMILES string of the molecule is CC(=O)O.CCCO[C@H]1C[C@@H](C(=O)NCc2cc(-c3ccccc3)n[nH]2)CC[C@@H]1N. The minimum atomic E-state index is -0.833. The first-order valence-corrected chi connectivity index (χ1v) is 10.3. The lowest BCUT2D eigenvalue weighted by Gasteiger charge is -2.33. The van der Waals surface area contributed by atoms with Gasteiger partial charge in [0.05, 0.1) is 24.0 Å². The van der Waals surface area contributed by atoms with Crippen molar-refractivity contribution in [1.29, 1.82) is 0 Å². The molecule has 0 saturated heterocycles. The largest absolute Gasteiger partial charge is 0.481 e. The molecule has 1 saturated carbocycles. The first-order valence-electron chi connectivity index (χ1n) is 10.3. The normalized spacial score (nSPS) is 20.7. The lowest BCUT2D eigenvalue weighted by molar-refractivity contribution is -0.134. The van der Waals surface area contributed by atoms with E-state index < -0.39 is 5.97 Å². The van der Waals surface area contributed by atoms with E-state index in [1.54, 1.807) is 0 Å². The lowest BCUT2D eigenvalue weighted by atomic mass is 9.83. The summed E-state index contributed by atoms with van der Waals surface area (Å²) in [6.45, 7) is 4.30. The predicted molar refractivity (Wildman–Crippen MR) is 115 cm³/mol. The Bertz CT molecular complexity index is 789. The highest BCUT2D eigenvalue weighted by molar-refractivity contribution is 5.78. The number of amides is 1. The zero-order valence-electron chi connectivity index (χ0n) is 17.6. The predicted octanol–water partition coefficient (Wildman–Crippen LogP) is 2.71. The maximum atomic E-state index is 12.5. The average molecular weight is 417 g/mol. The standard InChI is InChI=1S/C20H28N4O2.C2H4O2/c1-2-10-26-19-11-15(8-9-17(19)21)20(25)22-13-16-12-18(24-23-16)14-6-4-3-5-7-14;1-2(3)4/h3-7,12,15,17,19H,2,8-11,13,21H2,1H3,(H,22,25)(H,23,24);1H3,(H,3,4)/t15-,17-,19-;/m0./s1. The molecular formula is C22H32N4O4. The number of aromatic nitrogens is 2. The van der Waals surface area contributed by atoms with Crippen LogP contribution < -0.4 is 11.1 Å². The number of nitrogens with two attached hydrogens (primary N) is 1. The van der Waals surface area contributed by atoms with Crippen molar-refractivity contribution in [2.75, 3.05) is 6.61 Å². The number of aliphatic carboxylic acids is 1. The van der Waals surface area contributed by atoms with E-state index in [4.69, 9.17) is 20.4 Å². The molecule has 1 aliphatic carbocycles. The van der Waals surface area contributed by atoms with Crippen LogP contribution in [0.3, 0.4) is 0 Å². The summed E-state index contributed by atoms with van der Waals surface area (Å²) in [5.41, 5.74) is 8.96. The number of carboxylic acid groups (broad SMARTS) is 1. The molecule has 3 atom stereocenters. The Morgan fingerprint density at radius 1 is 1.30 bits per heavy atom. The van der Waals surface area contributed by atoms with Crippen molar-refractivity contribution in [2.45, 2.75) is 58.2 Å². The molecule has 0 aliphatic heterocycles. The van der Waals surface area contributed by atoms with Crippen LogP contribution in [0, 0.1) is 5.92 Å². The number of carbonyl (C=O) groups excluding carboxylic acids is 1. The van der Waals surface area contributed by atoms with Crippen LogP contribution in [0.1, 0.15) is 45.2 Å². The minimum Gasteiger partial charge on any atom is -0.481 e. The first kappa shape index (κ1) is 23.6. The summed E-state index contributed by atoms with van der Waals surface area (Å²) in [5, 5.41) is 17.8. The smallest absolute Gasteiger partial charge is 0.300 e. The van der Waals surface area contributed by atoms with Gasteiger partial charge in [-0.05, 0) is 31.7 Å². The lowest BCUT2D eigenvalue weighted by Crippen LogP contribution is -2.45. The monoisotopic (exact) mass is 416 g/mol. The highest BCUT2D eigenvalue weighted by Crippen LogP contribution is 2.26. The van der Waals surface area contributed by atoms with E-state index in [-0.39, 0.29) is 24.0 Å². The van der Waals surface area contributed by atoms with Crippen LogP contribution in [-0.4, -0.2) is 45.9 Å². The Labute approximate surface area is 177 Å². The molecule has 30 heavy (non-hydrogen) atoms. The van der Waals surface area contributed by atoms with Gasteiger partial charge in [0.1, 0.15) is 0 Å². The van der Waals surface area contributed by atoms with Crippen LogP contribution in [-0.2, 0) is 20.9 Å². The second-order valence-electron chi connectivity index (χ2n) is 7.46. The summed E-state index contributed by atoms with van der Waals surface area (Å²) < 4.78 is 5.82. The number of H-pyrrole nitrogens is 1. The third kappa shape index (κ3) is 7.61. The van der Waals surface area contributed by atoms with Crippen LogP contribution in [0.5, 0.6) is 0 Å². The van der Waals surface area contributed by atoms with Crippen molar-refractivity contribution >= 4 is 11.9 Å². The number of carboxylic acids is 1. The minimum absolute atomic E-state index is 0.0173. The molecule has 1 fully saturated rings. The highest BCUT2D eigenvalue weighted by Gasteiger charge is 2.32. The number of hydrogen-bond acceptors (Lipinski definition) is 5. The average Bonchev–Trinajstić information content (AvgIpc) is 3.21. The van der Waals surface area contributed by atoms with Crippen LogP contribution in [0.4, 0.5) is 0 Å². The van der Waals surface area contributed by atoms with Gasteiger partial charge in [-0.1, -0.05) is 37.3 Å². The summed E-state index contributed by atoms with van der Waals surface area (Å²) in [6.07, 6.45) is 3.29. The third-order valence-electron chi connectivity index (χ3n) is 4.90. The van der Waals surface area contributed by atoms with Gasteiger partial charge < -0.3 is 20.9 Å². The quantitative estimate of drug-likeness (QED) is 0.549. The molecule has 1 aromatic carbocycles. The fourth-order valence-corrected chi connectivity index (χ4v) is 3.39. The molecule has 5 N–H and O–H groups in total. The Kier molecular flexibility index (Phi) is 9.50. The van der Waals surface area contributed by atoms with Crippen molar-refractivity contribution < 1.29 is 19.4 Å². The topological polar surface area (TPSA) is 130 Å². The van der Waals surface area contributed by atoms with Gasteiger partial charge in [0.15, 0.2) is 0 Å². The van der Waals surface area contributed by atoms with Crippen LogP contribution >= 0.6 is 0 Å². The van der Waals surface area contributed by atoms with Crippen molar-refractivity contribution in [3.63, 3.8) is 0 Å². The van der Waals surface area contributed by atoms with E-state index in [2.05, 4.69) is 22.4 Å². The zero-order chi connectivity index (χ0) is 21.9. The van der Waals surface area contributed by atoms with Crippen molar-refractivity contribution in [1.82, 2.24) is 15.5 Å². The molecule has 3 rings (SSSR count). The van der Waals surface area contributed by atoms with Gasteiger partial charge in [0.2, 0.25) is 5.91 Å². The maximum absolute atomic E-state index is 12.5. The third-order valence-corrected chi connectivity index (χ3v) is 4.90. The molecule has 1 heterocycles. The molecule has 8 heteroatoms. The van der Waals surface area contributed by atoms with Gasteiger partial charge in [-0.15, -0.1) is 0 Å². The number of ether oxygens (including phenoxy) is 1. The van der Waals surface area contributed by atoms with Gasteiger partial charge in [-0.2, -0.15) is 5.10 Å². The number of benzene rings is 1. The molecule has 8 nitrogen and oxygen atoms in total. The highest BCUT2D eigenvalue weighted by atomic mass is 16.5. The van der Waals surface area contributed by atoms with E-state index >= 15 is 0 Å².